The minimum absolute atomic E-state index is 0.0610. The summed E-state index contributed by atoms with van der Waals surface area (Å²) in [6.45, 7) is 0. The Kier molecular flexibility index (Phi) is 4.08. The molecule has 7 heteroatoms. The van der Waals surface area contributed by atoms with E-state index in [1.54, 1.807) is 24.3 Å². The van der Waals surface area contributed by atoms with E-state index in [1.807, 2.05) is 0 Å². The van der Waals surface area contributed by atoms with Crippen molar-refractivity contribution in [2.45, 2.75) is 6.18 Å². The van der Waals surface area contributed by atoms with Crippen LogP contribution in [0.15, 0.2) is 47.1 Å². The van der Waals surface area contributed by atoms with Gasteiger partial charge in [0, 0.05) is 16.2 Å². The van der Waals surface area contributed by atoms with Crippen LogP contribution in [0.5, 0.6) is 0 Å². The van der Waals surface area contributed by atoms with Crippen LogP contribution >= 0.6 is 15.9 Å². The van der Waals surface area contributed by atoms with Crippen LogP contribution in [0.3, 0.4) is 0 Å². The minimum atomic E-state index is -4.44. The van der Waals surface area contributed by atoms with Crippen LogP contribution < -0.4 is 5.32 Å². The third-order valence-electron chi connectivity index (χ3n) is 2.44. The maximum absolute atomic E-state index is 12.4. The van der Waals surface area contributed by atoms with Gasteiger partial charge in [-0.2, -0.15) is 13.2 Å². The third kappa shape index (κ3) is 3.57. The molecule has 0 aliphatic carbocycles. The zero-order chi connectivity index (χ0) is 14.8. The highest BCUT2D eigenvalue weighted by atomic mass is 79.9. The predicted octanol–water partition coefficient (Wildman–Crippen LogP) is 4.12. The van der Waals surface area contributed by atoms with Crippen LogP contribution in [-0.4, -0.2) is 10.9 Å². The van der Waals surface area contributed by atoms with Crippen molar-refractivity contribution in [3.05, 3.63) is 58.2 Å². The molecule has 0 saturated carbocycles. The van der Waals surface area contributed by atoms with Crippen LogP contribution in [0.1, 0.15) is 15.9 Å². The topological polar surface area (TPSA) is 42.0 Å². The van der Waals surface area contributed by atoms with Gasteiger partial charge in [0.25, 0.3) is 5.91 Å². The van der Waals surface area contributed by atoms with Crippen molar-refractivity contribution in [3.8, 4) is 0 Å². The summed E-state index contributed by atoms with van der Waals surface area (Å²) in [5, 5.41) is 2.42. The summed E-state index contributed by atoms with van der Waals surface area (Å²) in [5.74, 6) is -0.379. The smallest absolute Gasteiger partial charge is 0.307 e. The number of nitrogens with one attached hydrogen (secondary N) is 1. The fourth-order valence-corrected chi connectivity index (χ4v) is 1.69. The number of hydrogen-bond donors (Lipinski definition) is 1. The van der Waals surface area contributed by atoms with Gasteiger partial charge in [0.2, 0.25) is 0 Å². The fraction of sp³-hybridized carbons (Fsp3) is 0.0769. The maximum Gasteiger partial charge on any atom is 0.417 e. The lowest BCUT2D eigenvalue weighted by atomic mass is 10.2. The second kappa shape index (κ2) is 5.62. The number of pyridine rings is 1. The summed E-state index contributed by atoms with van der Waals surface area (Å²) in [5.41, 5.74) is -0.478. The van der Waals surface area contributed by atoms with Gasteiger partial charge in [-0.15, -0.1) is 0 Å². The van der Waals surface area contributed by atoms with Gasteiger partial charge < -0.3 is 5.32 Å². The van der Waals surface area contributed by atoms with Gasteiger partial charge in [0.05, 0.1) is 5.56 Å². The highest BCUT2D eigenvalue weighted by Crippen LogP contribution is 2.28. The van der Waals surface area contributed by atoms with Crippen molar-refractivity contribution in [3.63, 3.8) is 0 Å². The first-order valence-corrected chi connectivity index (χ1v) is 6.26. The first kappa shape index (κ1) is 14.5. The minimum Gasteiger partial charge on any atom is -0.307 e. The number of carbonyl (C=O) groups is 1. The summed E-state index contributed by atoms with van der Waals surface area (Å²) in [7, 11) is 0. The Morgan fingerprint density at radius 3 is 2.25 bits per heavy atom. The van der Waals surface area contributed by atoms with E-state index in [9.17, 15) is 18.0 Å². The zero-order valence-electron chi connectivity index (χ0n) is 9.91. The average molecular weight is 345 g/mol. The largest absolute Gasteiger partial charge is 0.417 e. The molecule has 1 aromatic heterocycles. The number of alkyl halides is 3. The van der Waals surface area contributed by atoms with Crippen molar-refractivity contribution < 1.29 is 18.0 Å². The van der Waals surface area contributed by atoms with E-state index >= 15 is 0 Å². The van der Waals surface area contributed by atoms with Gasteiger partial charge in [0.15, 0.2) is 0 Å². The molecule has 2 aromatic rings. The molecule has 3 nitrogen and oxygen atoms in total. The number of amides is 1. The van der Waals surface area contributed by atoms with Gasteiger partial charge in [-0.3, -0.25) is 4.79 Å². The molecule has 0 fully saturated rings. The molecule has 1 aromatic carbocycles. The SMILES string of the molecule is O=C(Nc1ccc(C(F)(F)F)cn1)c1ccc(Br)cc1. The number of rotatable bonds is 2. The average Bonchev–Trinajstić information content (AvgIpc) is 2.39. The predicted molar refractivity (Wildman–Crippen MR) is 71.3 cm³/mol. The number of hydrogen-bond acceptors (Lipinski definition) is 2. The van der Waals surface area contributed by atoms with Gasteiger partial charge >= 0.3 is 6.18 Å². The van der Waals surface area contributed by atoms with E-state index < -0.39 is 17.6 Å². The van der Waals surface area contributed by atoms with Crippen molar-refractivity contribution >= 4 is 27.7 Å². The van der Waals surface area contributed by atoms with Crippen LogP contribution in [0, 0.1) is 0 Å². The molecular weight excluding hydrogens is 337 g/mol. The van der Waals surface area contributed by atoms with Crippen LogP contribution in [0.4, 0.5) is 19.0 Å². The number of carbonyl (C=O) groups excluding carboxylic acids is 1. The Bertz CT molecular complexity index is 609. The Morgan fingerprint density at radius 1 is 1.10 bits per heavy atom. The van der Waals surface area contributed by atoms with Crippen LogP contribution in [-0.2, 0) is 6.18 Å². The molecule has 2 rings (SSSR count). The van der Waals surface area contributed by atoms with Gasteiger partial charge in [0.1, 0.15) is 5.82 Å². The summed E-state index contributed by atoms with van der Waals surface area (Å²) >= 11 is 3.24. The molecule has 1 N–H and O–H groups in total. The second-order valence-corrected chi connectivity index (χ2v) is 4.81. The molecule has 0 bridgehead atoms. The molecule has 20 heavy (non-hydrogen) atoms. The first-order chi connectivity index (χ1) is 9.36. The number of benzene rings is 1. The number of nitrogens with zero attached hydrogens (tertiary/aromatic N) is 1. The van der Waals surface area contributed by atoms with Gasteiger partial charge in [-0.1, -0.05) is 15.9 Å². The number of halogens is 4. The molecule has 0 spiro atoms. The van der Waals surface area contributed by atoms with E-state index in [1.165, 1.54) is 0 Å². The van der Waals surface area contributed by atoms with Crippen LogP contribution in [0.25, 0.3) is 0 Å². The van der Waals surface area contributed by atoms with E-state index in [0.29, 0.717) is 11.8 Å². The monoisotopic (exact) mass is 344 g/mol. The van der Waals surface area contributed by atoms with E-state index in [2.05, 4.69) is 26.2 Å². The lowest BCUT2D eigenvalue weighted by Gasteiger charge is -2.08. The highest BCUT2D eigenvalue weighted by molar-refractivity contribution is 9.10. The third-order valence-corrected chi connectivity index (χ3v) is 2.97. The highest BCUT2D eigenvalue weighted by Gasteiger charge is 2.30. The standard InChI is InChI=1S/C13H8BrF3N2O/c14-10-4-1-8(2-5-10)12(20)19-11-6-3-9(7-18-11)13(15,16)17/h1-7H,(H,18,19,20). The van der Waals surface area contributed by atoms with Crippen molar-refractivity contribution in [1.29, 1.82) is 0 Å². The normalized spacial score (nSPS) is 11.2. The zero-order valence-corrected chi connectivity index (χ0v) is 11.5. The molecule has 0 radical (unpaired) electrons. The summed E-state index contributed by atoms with van der Waals surface area (Å²) in [6.07, 6.45) is -3.77. The van der Waals surface area contributed by atoms with Crippen LogP contribution in [0.2, 0.25) is 0 Å². The lowest BCUT2D eigenvalue weighted by Crippen LogP contribution is -2.13. The fourth-order valence-electron chi connectivity index (χ4n) is 1.43. The second-order valence-electron chi connectivity index (χ2n) is 3.89. The van der Waals surface area contributed by atoms with Gasteiger partial charge in [-0.05, 0) is 36.4 Å². The lowest BCUT2D eigenvalue weighted by molar-refractivity contribution is -0.137. The molecule has 0 unspecified atom stereocenters. The van der Waals surface area contributed by atoms with E-state index in [0.717, 1.165) is 16.6 Å². The number of anilines is 1. The Hall–Kier alpha value is -1.89. The molecule has 0 atom stereocenters. The number of aromatic nitrogens is 1. The Morgan fingerprint density at radius 2 is 1.75 bits per heavy atom. The first-order valence-electron chi connectivity index (χ1n) is 5.46. The molecule has 104 valence electrons. The van der Waals surface area contributed by atoms with Crippen molar-refractivity contribution in [1.82, 2.24) is 4.98 Å². The molecule has 1 amide bonds. The van der Waals surface area contributed by atoms with Crippen molar-refractivity contribution in [2.24, 2.45) is 0 Å². The molecule has 0 aliphatic heterocycles. The van der Waals surface area contributed by atoms with Crippen molar-refractivity contribution in [2.75, 3.05) is 5.32 Å². The maximum atomic E-state index is 12.4. The molecule has 0 saturated heterocycles. The Labute approximate surface area is 121 Å². The van der Waals surface area contributed by atoms with E-state index in [-0.39, 0.29) is 5.82 Å². The summed E-state index contributed by atoms with van der Waals surface area (Å²) in [6, 6.07) is 8.53. The summed E-state index contributed by atoms with van der Waals surface area (Å²) in [4.78, 5) is 15.4. The summed E-state index contributed by atoms with van der Waals surface area (Å²) < 4.78 is 37.9. The molecule has 0 aliphatic rings. The molecular formula is C13H8BrF3N2O. The molecule has 1 heterocycles. The Balaban J connectivity index is 2.10. The quantitative estimate of drug-likeness (QED) is 0.890. The van der Waals surface area contributed by atoms with E-state index in [4.69, 9.17) is 0 Å². The van der Waals surface area contributed by atoms with Gasteiger partial charge in [-0.25, -0.2) is 4.98 Å².